The van der Waals surface area contributed by atoms with Crippen LogP contribution in [0.3, 0.4) is 0 Å². The van der Waals surface area contributed by atoms with Gasteiger partial charge in [-0.3, -0.25) is 19.7 Å². The quantitative estimate of drug-likeness (QED) is 0.338. The number of carbonyl (C=O) groups is 2. The number of hydrogen-bond acceptors (Lipinski definition) is 9. The van der Waals surface area contributed by atoms with E-state index in [1.807, 2.05) is 11.0 Å². The number of carbonyl (C=O) groups excluding carboxylic acids is 2. The monoisotopic (exact) mass is 515 g/mol. The molecule has 2 aliphatic rings. The third kappa shape index (κ3) is 3.83. The van der Waals surface area contributed by atoms with Gasteiger partial charge in [-0.05, 0) is 52.5 Å². The SMILES string of the molecule is CC(=O)c1c([C@H]2C[C@H]3CC[C@@H](C2)N3C(=O)c2cnn[nH]2)nc2c(-c3ccc(C(C)(C)O)nc3)cnn2c1N. The van der Waals surface area contributed by atoms with Gasteiger partial charge in [-0.15, -0.1) is 5.10 Å². The smallest absolute Gasteiger partial charge is 0.274 e. The number of nitrogens with one attached hydrogen (secondary N) is 1. The minimum Gasteiger partial charge on any atom is -0.384 e. The van der Waals surface area contributed by atoms with E-state index in [1.54, 1.807) is 32.3 Å². The minimum absolute atomic E-state index is 0.0246. The van der Waals surface area contributed by atoms with Gasteiger partial charge in [0.15, 0.2) is 11.4 Å². The number of rotatable bonds is 5. The fourth-order valence-corrected chi connectivity index (χ4v) is 5.98. The predicted octanol–water partition coefficient (Wildman–Crippen LogP) is 2.47. The maximum atomic E-state index is 13.1. The maximum Gasteiger partial charge on any atom is 0.274 e. The molecule has 12 nitrogen and oxygen atoms in total. The molecule has 0 aliphatic carbocycles. The molecule has 0 aromatic carbocycles. The summed E-state index contributed by atoms with van der Waals surface area (Å²) in [4.78, 5) is 37.3. The number of nitrogen functional groups attached to an aromatic ring is 1. The Morgan fingerprint density at radius 2 is 1.87 bits per heavy atom. The highest BCUT2D eigenvalue weighted by molar-refractivity contribution is 6.00. The van der Waals surface area contributed by atoms with Crippen molar-refractivity contribution in [1.82, 2.24) is 39.9 Å². The molecule has 0 radical (unpaired) electrons. The Hall–Kier alpha value is -4.19. The van der Waals surface area contributed by atoms with Crippen LogP contribution in [0.2, 0.25) is 0 Å². The van der Waals surface area contributed by atoms with E-state index in [0.717, 1.165) is 24.0 Å². The van der Waals surface area contributed by atoms with E-state index in [1.165, 1.54) is 17.6 Å². The topological polar surface area (TPSA) is 168 Å². The van der Waals surface area contributed by atoms with Crippen LogP contribution in [0.15, 0.2) is 30.7 Å². The Balaban J connectivity index is 1.39. The number of nitrogens with two attached hydrogens (primary N) is 1. The van der Waals surface area contributed by atoms with Crippen molar-refractivity contribution >= 4 is 23.2 Å². The molecule has 6 heterocycles. The van der Waals surface area contributed by atoms with Crippen LogP contribution in [0.5, 0.6) is 0 Å². The van der Waals surface area contributed by atoms with Crippen LogP contribution in [0, 0.1) is 0 Å². The van der Waals surface area contributed by atoms with Gasteiger partial charge in [-0.2, -0.15) is 9.61 Å². The van der Waals surface area contributed by atoms with Crippen LogP contribution < -0.4 is 5.73 Å². The average Bonchev–Trinajstić information content (AvgIpc) is 3.61. The first kappa shape index (κ1) is 24.2. The Bertz CT molecular complexity index is 1520. The van der Waals surface area contributed by atoms with Gasteiger partial charge in [-0.25, -0.2) is 4.98 Å². The fraction of sp³-hybridized carbons (Fsp3) is 0.423. The van der Waals surface area contributed by atoms with Gasteiger partial charge in [-0.1, -0.05) is 11.3 Å². The molecule has 1 amide bonds. The summed E-state index contributed by atoms with van der Waals surface area (Å²) in [7, 11) is 0. The van der Waals surface area contributed by atoms with Crippen LogP contribution in [-0.4, -0.2) is 68.8 Å². The third-order valence-electron chi connectivity index (χ3n) is 7.76. The largest absolute Gasteiger partial charge is 0.384 e. The van der Waals surface area contributed by atoms with E-state index in [0.29, 0.717) is 41.1 Å². The van der Waals surface area contributed by atoms with E-state index >= 15 is 0 Å². The van der Waals surface area contributed by atoms with Gasteiger partial charge in [0, 0.05) is 35.3 Å². The first-order valence-corrected chi connectivity index (χ1v) is 12.7. The number of hydrogen-bond donors (Lipinski definition) is 3. The Morgan fingerprint density at radius 1 is 1.13 bits per heavy atom. The lowest BCUT2D eigenvalue weighted by atomic mass is 9.85. The number of aliphatic hydroxyl groups is 1. The molecule has 196 valence electrons. The van der Waals surface area contributed by atoms with E-state index in [2.05, 4.69) is 25.5 Å². The van der Waals surface area contributed by atoms with E-state index in [-0.39, 0.29) is 35.5 Å². The van der Waals surface area contributed by atoms with E-state index < -0.39 is 5.60 Å². The molecule has 6 rings (SSSR count). The van der Waals surface area contributed by atoms with Crippen molar-refractivity contribution in [3.8, 4) is 11.1 Å². The summed E-state index contributed by atoms with van der Waals surface area (Å²) in [5.41, 5.74) is 9.46. The van der Waals surface area contributed by atoms with Crippen LogP contribution in [0.1, 0.15) is 84.6 Å². The minimum atomic E-state index is -1.06. The number of Topliss-reactive ketones (excluding diaryl/α,β-unsaturated/α-hetero) is 1. The van der Waals surface area contributed by atoms with Gasteiger partial charge in [0.25, 0.3) is 5.91 Å². The molecule has 2 aliphatic heterocycles. The number of amides is 1. The molecule has 4 aromatic rings. The van der Waals surface area contributed by atoms with Gasteiger partial charge in [0.1, 0.15) is 17.1 Å². The lowest BCUT2D eigenvalue weighted by Gasteiger charge is -2.39. The van der Waals surface area contributed by atoms with Gasteiger partial charge in [0.05, 0.1) is 29.3 Å². The van der Waals surface area contributed by atoms with Crippen molar-refractivity contribution < 1.29 is 14.7 Å². The highest BCUT2D eigenvalue weighted by atomic mass is 16.3. The summed E-state index contributed by atoms with van der Waals surface area (Å²) in [6, 6.07) is 3.68. The molecule has 0 unspecified atom stereocenters. The van der Waals surface area contributed by atoms with Gasteiger partial charge in [0.2, 0.25) is 0 Å². The molecule has 3 atom stereocenters. The third-order valence-corrected chi connectivity index (χ3v) is 7.76. The molecular weight excluding hydrogens is 486 g/mol. The van der Waals surface area contributed by atoms with Crippen molar-refractivity contribution in [2.24, 2.45) is 0 Å². The molecule has 0 spiro atoms. The first-order valence-electron chi connectivity index (χ1n) is 12.7. The van der Waals surface area contributed by atoms with E-state index in [4.69, 9.17) is 10.7 Å². The normalized spacial score (nSPS) is 21.3. The summed E-state index contributed by atoms with van der Waals surface area (Å²) in [6.45, 7) is 4.85. The average molecular weight is 516 g/mol. The number of fused-ring (bicyclic) bond motifs is 3. The second-order valence-electron chi connectivity index (χ2n) is 10.7. The summed E-state index contributed by atoms with van der Waals surface area (Å²) in [5.74, 6) is -0.0643. The maximum absolute atomic E-state index is 13.1. The van der Waals surface area contributed by atoms with Crippen molar-refractivity contribution in [3.05, 3.63) is 53.4 Å². The lowest BCUT2D eigenvalue weighted by molar-refractivity contribution is 0.0562. The van der Waals surface area contributed by atoms with Crippen molar-refractivity contribution in [3.63, 3.8) is 0 Å². The number of H-pyrrole nitrogens is 1. The molecule has 2 fully saturated rings. The highest BCUT2D eigenvalue weighted by Gasteiger charge is 2.45. The van der Waals surface area contributed by atoms with Crippen molar-refractivity contribution in [2.75, 3.05) is 5.73 Å². The first-order chi connectivity index (χ1) is 18.1. The fourth-order valence-electron chi connectivity index (χ4n) is 5.98. The zero-order valence-electron chi connectivity index (χ0n) is 21.4. The molecule has 2 saturated heterocycles. The zero-order chi connectivity index (χ0) is 26.8. The van der Waals surface area contributed by atoms with Crippen LogP contribution >= 0.6 is 0 Å². The molecule has 12 heteroatoms. The van der Waals surface area contributed by atoms with Crippen LogP contribution in [0.4, 0.5) is 5.82 Å². The molecule has 38 heavy (non-hydrogen) atoms. The second-order valence-corrected chi connectivity index (χ2v) is 10.7. The molecule has 2 bridgehead atoms. The number of ketones is 1. The predicted molar refractivity (Wildman–Crippen MR) is 137 cm³/mol. The Morgan fingerprint density at radius 3 is 2.45 bits per heavy atom. The highest BCUT2D eigenvalue weighted by Crippen LogP contribution is 2.45. The summed E-state index contributed by atoms with van der Waals surface area (Å²) in [5, 5.41) is 24.8. The Kier molecular flexibility index (Phi) is 5.53. The number of pyridine rings is 1. The summed E-state index contributed by atoms with van der Waals surface area (Å²) < 4.78 is 1.50. The second kappa shape index (κ2) is 8.69. The van der Waals surface area contributed by atoms with Crippen LogP contribution in [-0.2, 0) is 5.60 Å². The standard InChI is InChI=1S/C26H29N9O3/c1-13(36)21-22(15-8-16-5-6-17(9-15)34(16)25(37)19-12-29-33-32-19)31-24-18(11-30-35(24)23(21)27)14-4-7-20(28-10-14)26(2,3)38/h4,7,10-12,15-17,38H,5-6,8-9,27H2,1-3H3,(H,29,32,33)/t15-,16+,17-. The van der Waals surface area contributed by atoms with Gasteiger partial charge < -0.3 is 15.7 Å². The van der Waals surface area contributed by atoms with Crippen LogP contribution in [0.25, 0.3) is 16.8 Å². The number of piperidine rings is 1. The number of nitrogens with zero attached hydrogens (tertiary/aromatic N) is 7. The molecule has 0 saturated carbocycles. The Labute approximate surface area is 218 Å². The molecule has 4 aromatic heterocycles. The number of anilines is 1. The van der Waals surface area contributed by atoms with Crippen molar-refractivity contribution in [2.45, 2.75) is 70.1 Å². The van der Waals surface area contributed by atoms with Crippen molar-refractivity contribution in [1.29, 1.82) is 0 Å². The van der Waals surface area contributed by atoms with Gasteiger partial charge >= 0.3 is 0 Å². The van der Waals surface area contributed by atoms with E-state index in [9.17, 15) is 14.7 Å². The number of aromatic nitrogens is 7. The number of aromatic amines is 1. The lowest BCUT2D eigenvalue weighted by Crippen LogP contribution is -2.46. The molecular formula is C26H29N9O3. The summed E-state index contributed by atoms with van der Waals surface area (Å²) in [6.07, 6.45) is 7.92. The summed E-state index contributed by atoms with van der Waals surface area (Å²) >= 11 is 0. The zero-order valence-corrected chi connectivity index (χ0v) is 21.4. The molecule has 4 N–H and O–H groups in total.